The van der Waals surface area contributed by atoms with Gasteiger partial charge in [0.15, 0.2) is 0 Å². The summed E-state index contributed by atoms with van der Waals surface area (Å²) in [6, 6.07) is 0. The molecular weight excluding hydrogens is 362 g/mol. The number of hydrogen-bond donors (Lipinski definition) is 0. The maximum atomic E-state index is 4.58. The SMILES string of the molecule is CN(C)C.[Br-].[Cl][Au]. The van der Waals surface area contributed by atoms with Gasteiger partial charge in [-0.3, -0.25) is 0 Å². The van der Waals surface area contributed by atoms with Gasteiger partial charge in [0, 0.05) is 0 Å². The fourth-order valence-corrected chi connectivity index (χ4v) is 0. The van der Waals surface area contributed by atoms with E-state index in [0.29, 0.717) is 0 Å². The number of hydrogen-bond acceptors (Lipinski definition) is 1. The van der Waals surface area contributed by atoms with Crippen LogP contribution < -0.4 is 17.0 Å². The van der Waals surface area contributed by atoms with Crippen LogP contribution in [0, 0.1) is 0 Å². The third-order valence-corrected chi connectivity index (χ3v) is 0. The molecule has 0 radical (unpaired) electrons. The van der Waals surface area contributed by atoms with Crippen molar-refractivity contribution in [3.05, 3.63) is 0 Å². The number of nitrogens with zero attached hydrogens (tertiary/aromatic N) is 1. The van der Waals surface area contributed by atoms with Crippen LogP contribution in [0.3, 0.4) is 0 Å². The molecule has 0 aliphatic heterocycles. The molecule has 0 aromatic carbocycles. The van der Waals surface area contributed by atoms with Crippen molar-refractivity contribution in [1.29, 1.82) is 0 Å². The molecule has 0 saturated heterocycles. The van der Waals surface area contributed by atoms with Crippen molar-refractivity contribution in [2.75, 3.05) is 21.1 Å². The fraction of sp³-hybridized carbons (Fsp3) is 1.00. The van der Waals surface area contributed by atoms with Crippen LogP contribution in [-0.4, -0.2) is 26.0 Å². The molecule has 0 spiro atoms. The second kappa shape index (κ2) is 15.6. The molecule has 7 heavy (non-hydrogen) atoms. The Bertz CT molecular complexity index is 19.7. The van der Waals surface area contributed by atoms with Crippen LogP contribution >= 0.6 is 9.19 Å². The third kappa shape index (κ3) is 103. The summed E-state index contributed by atoms with van der Waals surface area (Å²) in [5.74, 6) is 0. The van der Waals surface area contributed by atoms with Crippen molar-refractivity contribution >= 4 is 9.19 Å². The van der Waals surface area contributed by atoms with Gasteiger partial charge in [0.2, 0.25) is 0 Å². The van der Waals surface area contributed by atoms with Crippen LogP contribution in [0.5, 0.6) is 0 Å². The van der Waals surface area contributed by atoms with Crippen LogP contribution in [0.15, 0.2) is 0 Å². The van der Waals surface area contributed by atoms with E-state index >= 15 is 0 Å². The van der Waals surface area contributed by atoms with Crippen LogP contribution in [0.25, 0.3) is 0 Å². The van der Waals surface area contributed by atoms with E-state index in [1.165, 1.54) is 0 Å². The first-order valence-electron chi connectivity index (χ1n) is 1.46. The summed E-state index contributed by atoms with van der Waals surface area (Å²) >= 11 is 1.75. The van der Waals surface area contributed by atoms with E-state index in [4.69, 9.17) is 0 Å². The Morgan fingerprint density at radius 1 is 1.14 bits per heavy atom. The first-order chi connectivity index (χ1) is 2.73. The monoisotopic (exact) mass is 370 g/mol. The van der Waals surface area contributed by atoms with Crippen LogP contribution in [0.2, 0.25) is 0 Å². The first-order valence-corrected chi connectivity index (χ1v) is 4.14. The Hall–Kier alpha value is 1.47. The van der Waals surface area contributed by atoms with Crippen molar-refractivity contribution in [3.63, 3.8) is 0 Å². The average molecular weight is 371 g/mol. The van der Waals surface area contributed by atoms with Gasteiger partial charge >= 0.3 is 29.2 Å². The predicted molar refractivity (Wildman–Crippen MR) is 25.5 cm³/mol. The minimum atomic E-state index is 0. The molecule has 0 bridgehead atoms. The molecule has 1 nitrogen and oxygen atoms in total. The van der Waals surface area contributed by atoms with Crippen molar-refractivity contribution < 1.29 is 37.0 Å². The van der Waals surface area contributed by atoms with Crippen LogP contribution in [0.4, 0.5) is 0 Å². The predicted octanol–water partition coefficient (Wildman–Crippen LogP) is -2.13. The molecule has 0 unspecified atom stereocenters. The molecule has 0 saturated carbocycles. The Morgan fingerprint density at radius 2 is 1.14 bits per heavy atom. The zero-order chi connectivity index (χ0) is 5.58. The molecule has 0 N–H and O–H groups in total. The molecule has 0 aliphatic rings. The Balaban J connectivity index is -0.0000000480. The molecule has 0 aliphatic carbocycles. The molecule has 0 atom stereocenters. The summed E-state index contributed by atoms with van der Waals surface area (Å²) in [6.07, 6.45) is 0. The molecule has 0 fully saturated rings. The van der Waals surface area contributed by atoms with E-state index < -0.39 is 0 Å². The summed E-state index contributed by atoms with van der Waals surface area (Å²) in [4.78, 5) is 2.00. The average Bonchev–Trinajstić information content (AvgIpc) is 1.41. The van der Waals surface area contributed by atoms with Crippen molar-refractivity contribution in [2.45, 2.75) is 0 Å². The molecule has 0 amide bonds. The molecular formula is C3H9AuBrClN-. The Labute approximate surface area is 71.9 Å². The van der Waals surface area contributed by atoms with E-state index in [-0.39, 0.29) is 17.0 Å². The van der Waals surface area contributed by atoms with Gasteiger partial charge < -0.3 is 21.9 Å². The molecule has 0 rings (SSSR count). The first kappa shape index (κ1) is 15.8. The van der Waals surface area contributed by atoms with E-state index in [0.717, 1.165) is 0 Å². The Kier molecular flexibility index (Phi) is 35.3. The topological polar surface area (TPSA) is 3.24 Å². The van der Waals surface area contributed by atoms with E-state index in [1.54, 1.807) is 20.0 Å². The second-order valence-corrected chi connectivity index (χ2v) is 1.34. The molecule has 0 heterocycles. The van der Waals surface area contributed by atoms with Crippen LogP contribution in [0.1, 0.15) is 0 Å². The van der Waals surface area contributed by atoms with Gasteiger partial charge in [0.25, 0.3) is 0 Å². The standard InChI is InChI=1S/C3H9N.Au.BrH.ClH/c1-4(2)3;;;/h1-3H3;;2*1H/q;+1;;/p-2. The van der Waals surface area contributed by atoms with Gasteiger partial charge in [-0.1, -0.05) is 0 Å². The summed E-state index contributed by atoms with van der Waals surface area (Å²) in [5, 5.41) is 0. The zero-order valence-electron chi connectivity index (χ0n) is 4.50. The van der Waals surface area contributed by atoms with Crippen molar-refractivity contribution in [1.82, 2.24) is 4.90 Å². The van der Waals surface area contributed by atoms with Crippen molar-refractivity contribution in [3.8, 4) is 0 Å². The fourth-order valence-electron chi connectivity index (χ4n) is 0. The maximum absolute atomic E-state index is 4.58. The number of rotatable bonds is 0. The number of halogens is 2. The van der Waals surface area contributed by atoms with E-state index in [9.17, 15) is 0 Å². The van der Waals surface area contributed by atoms with Gasteiger partial charge in [0.05, 0.1) is 0 Å². The van der Waals surface area contributed by atoms with Crippen molar-refractivity contribution in [2.24, 2.45) is 0 Å². The summed E-state index contributed by atoms with van der Waals surface area (Å²) < 4.78 is 0. The van der Waals surface area contributed by atoms with Gasteiger partial charge in [-0.2, -0.15) is 0 Å². The molecule has 4 heteroatoms. The van der Waals surface area contributed by atoms with Gasteiger partial charge in [-0.05, 0) is 21.1 Å². The molecule has 0 aromatic heterocycles. The summed E-state index contributed by atoms with van der Waals surface area (Å²) in [6.45, 7) is 0. The second-order valence-electron chi connectivity index (χ2n) is 1.34. The van der Waals surface area contributed by atoms with Gasteiger partial charge in [0.1, 0.15) is 0 Å². The zero-order valence-corrected chi connectivity index (χ0v) is 9.01. The van der Waals surface area contributed by atoms with E-state index in [1.807, 2.05) is 26.0 Å². The van der Waals surface area contributed by atoms with Gasteiger partial charge in [-0.15, -0.1) is 0 Å². The van der Waals surface area contributed by atoms with Gasteiger partial charge in [-0.25, -0.2) is 0 Å². The normalized spacial score (nSPS) is 6.14. The van der Waals surface area contributed by atoms with E-state index in [2.05, 4.69) is 9.19 Å². The summed E-state index contributed by atoms with van der Waals surface area (Å²) in [7, 11) is 10.6. The minimum absolute atomic E-state index is 0. The molecule has 0 aromatic rings. The molecule has 52 valence electrons. The quantitative estimate of drug-likeness (QED) is 0.440. The summed E-state index contributed by atoms with van der Waals surface area (Å²) in [5.41, 5.74) is 0. The Morgan fingerprint density at radius 3 is 1.14 bits per heavy atom. The third-order valence-electron chi connectivity index (χ3n) is 0. The van der Waals surface area contributed by atoms with Crippen LogP contribution in [-0.2, 0) is 20.0 Å².